The first-order chi connectivity index (χ1) is 15.0. The maximum atomic E-state index is 13.0. The molecule has 0 radical (unpaired) electrons. The van der Waals surface area contributed by atoms with Crippen molar-refractivity contribution < 1.29 is 23.5 Å². The van der Waals surface area contributed by atoms with Crippen LogP contribution < -0.4 is 9.47 Å². The standard InChI is InChI=1S/C25H22ClFO4/c1-2-3-4-5-17-6-8-18(9-7-17)24(28)31-23-15-10-19(16-22(23)26)25(29)30-21-13-11-20(27)12-14-21/h6-16H,2-5H2,1H3. The number of aryl methyl sites for hydroxylation is 1. The van der Waals surface area contributed by atoms with Crippen LogP contribution in [0.1, 0.15) is 52.5 Å². The summed E-state index contributed by atoms with van der Waals surface area (Å²) in [5.41, 5.74) is 1.76. The van der Waals surface area contributed by atoms with E-state index in [9.17, 15) is 14.0 Å². The van der Waals surface area contributed by atoms with Gasteiger partial charge in [-0.3, -0.25) is 0 Å². The van der Waals surface area contributed by atoms with E-state index in [1.54, 1.807) is 12.1 Å². The van der Waals surface area contributed by atoms with E-state index in [4.69, 9.17) is 21.1 Å². The van der Waals surface area contributed by atoms with Gasteiger partial charge in [0.25, 0.3) is 0 Å². The molecule has 0 bridgehead atoms. The average Bonchev–Trinajstić information content (AvgIpc) is 2.77. The largest absolute Gasteiger partial charge is 0.423 e. The molecule has 0 aromatic heterocycles. The SMILES string of the molecule is CCCCCc1ccc(C(=O)Oc2ccc(C(=O)Oc3ccc(F)cc3)cc2Cl)cc1. The van der Waals surface area contributed by atoms with E-state index in [0.29, 0.717) is 5.56 Å². The van der Waals surface area contributed by atoms with Crippen molar-refractivity contribution in [3.63, 3.8) is 0 Å². The zero-order chi connectivity index (χ0) is 22.2. The molecule has 0 atom stereocenters. The molecule has 0 saturated carbocycles. The maximum absolute atomic E-state index is 13.0. The Hall–Kier alpha value is -3.18. The second-order valence-electron chi connectivity index (χ2n) is 7.03. The van der Waals surface area contributed by atoms with Crippen LogP contribution in [0.15, 0.2) is 66.7 Å². The summed E-state index contributed by atoms with van der Waals surface area (Å²) >= 11 is 6.19. The first kappa shape index (κ1) is 22.5. The molecule has 31 heavy (non-hydrogen) atoms. The van der Waals surface area contributed by atoms with Gasteiger partial charge in [-0.2, -0.15) is 0 Å². The lowest BCUT2D eigenvalue weighted by molar-refractivity contribution is 0.0730. The lowest BCUT2D eigenvalue weighted by Gasteiger charge is -2.09. The predicted molar refractivity (Wildman–Crippen MR) is 117 cm³/mol. The predicted octanol–water partition coefficient (Wildman–Crippen LogP) is 6.65. The van der Waals surface area contributed by atoms with Crippen molar-refractivity contribution in [3.8, 4) is 11.5 Å². The molecule has 3 aromatic rings. The van der Waals surface area contributed by atoms with E-state index in [-0.39, 0.29) is 22.1 Å². The summed E-state index contributed by atoms with van der Waals surface area (Å²) in [7, 11) is 0. The van der Waals surface area contributed by atoms with E-state index < -0.39 is 17.8 Å². The Morgan fingerprint density at radius 2 is 1.48 bits per heavy atom. The van der Waals surface area contributed by atoms with Crippen LogP contribution in [-0.2, 0) is 6.42 Å². The van der Waals surface area contributed by atoms with Gasteiger partial charge in [0.05, 0.1) is 16.1 Å². The van der Waals surface area contributed by atoms with Crippen molar-refractivity contribution in [2.24, 2.45) is 0 Å². The fraction of sp³-hybridized carbons (Fsp3) is 0.200. The fourth-order valence-electron chi connectivity index (χ4n) is 2.92. The van der Waals surface area contributed by atoms with Crippen LogP contribution in [0.25, 0.3) is 0 Å². The van der Waals surface area contributed by atoms with Gasteiger partial charge >= 0.3 is 11.9 Å². The minimum atomic E-state index is -0.662. The molecular formula is C25H22ClFO4. The average molecular weight is 441 g/mol. The third kappa shape index (κ3) is 6.40. The Kier molecular flexibility index (Phi) is 7.79. The molecule has 3 rings (SSSR count). The smallest absolute Gasteiger partial charge is 0.343 e. The third-order valence-electron chi connectivity index (χ3n) is 4.65. The van der Waals surface area contributed by atoms with E-state index >= 15 is 0 Å². The Labute approximate surface area is 185 Å². The lowest BCUT2D eigenvalue weighted by atomic mass is 10.1. The summed E-state index contributed by atoms with van der Waals surface area (Å²) in [5, 5.41) is 0.0955. The molecule has 0 fully saturated rings. The first-order valence-corrected chi connectivity index (χ1v) is 10.4. The van der Waals surface area contributed by atoms with Crippen LogP contribution in [0.3, 0.4) is 0 Å². The zero-order valence-electron chi connectivity index (χ0n) is 17.1. The number of benzene rings is 3. The molecule has 0 unspecified atom stereocenters. The Morgan fingerprint density at radius 1 is 0.839 bits per heavy atom. The van der Waals surface area contributed by atoms with Gasteiger partial charge in [-0.05, 0) is 73.0 Å². The Balaban J connectivity index is 1.62. The van der Waals surface area contributed by atoms with Crippen molar-refractivity contribution in [3.05, 3.63) is 94.3 Å². The summed E-state index contributed by atoms with van der Waals surface area (Å²) in [6.07, 6.45) is 4.43. The summed E-state index contributed by atoms with van der Waals surface area (Å²) in [6, 6.07) is 16.6. The zero-order valence-corrected chi connectivity index (χ0v) is 17.8. The topological polar surface area (TPSA) is 52.6 Å². The highest BCUT2D eigenvalue weighted by molar-refractivity contribution is 6.32. The van der Waals surface area contributed by atoms with Gasteiger partial charge in [-0.25, -0.2) is 14.0 Å². The van der Waals surface area contributed by atoms with Gasteiger partial charge < -0.3 is 9.47 Å². The molecule has 0 spiro atoms. The number of halogens is 2. The summed E-state index contributed by atoms with van der Waals surface area (Å²) in [5.74, 6) is -1.29. The molecular weight excluding hydrogens is 419 g/mol. The number of ether oxygens (including phenoxy) is 2. The van der Waals surface area contributed by atoms with Crippen LogP contribution in [0.5, 0.6) is 11.5 Å². The molecule has 0 N–H and O–H groups in total. The number of rotatable bonds is 8. The minimum absolute atomic E-state index is 0.0955. The molecule has 160 valence electrons. The maximum Gasteiger partial charge on any atom is 0.343 e. The van der Waals surface area contributed by atoms with Crippen molar-refractivity contribution in [2.75, 3.05) is 0 Å². The van der Waals surface area contributed by atoms with Crippen LogP contribution in [0, 0.1) is 5.82 Å². The minimum Gasteiger partial charge on any atom is -0.423 e. The van der Waals surface area contributed by atoms with Gasteiger partial charge in [0.1, 0.15) is 17.3 Å². The van der Waals surface area contributed by atoms with Crippen molar-refractivity contribution in [1.82, 2.24) is 0 Å². The quantitative estimate of drug-likeness (QED) is 0.223. The highest BCUT2D eigenvalue weighted by Crippen LogP contribution is 2.27. The van der Waals surface area contributed by atoms with Crippen molar-refractivity contribution >= 4 is 23.5 Å². The summed E-state index contributed by atoms with van der Waals surface area (Å²) < 4.78 is 23.5. The van der Waals surface area contributed by atoms with Crippen LogP contribution >= 0.6 is 11.6 Å². The second kappa shape index (κ2) is 10.7. The van der Waals surface area contributed by atoms with Crippen LogP contribution in [0.4, 0.5) is 4.39 Å². The van der Waals surface area contributed by atoms with E-state index in [2.05, 4.69) is 6.92 Å². The van der Waals surface area contributed by atoms with E-state index in [1.807, 2.05) is 12.1 Å². The van der Waals surface area contributed by atoms with Gasteiger partial charge in [0.15, 0.2) is 0 Å². The second-order valence-corrected chi connectivity index (χ2v) is 7.44. The van der Waals surface area contributed by atoms with Crippen LogP contribution in [-0.4, -0.2) is 11.9 Å². The highest BCUT2D eigenvalue weighted by atomic mass is 35.5. The molecule has 0 saturated heterocycles. The number of esters is 2. The fourth-order valence-corrected chi connectivity index (χ4v) is 3.14. The number of hydrogen-bond acceptors (Lipinski definition) is 4. The highest BCUT2D eigenvalue weighted by Gasteiger charge is 2.15. The molecule has 0 amide bonds. The summed E-state index contributed by atoms with van der Waals surface area (Å²) in [6.45, 7) is 2.16. The summed E-state index contributed by atoms with van der Waals surface area (Å²) in [4.78, 5) is 24.7. The van der Waals surface area contributed by atoms with Crippen molar-refractivity contribution in [2.45, 2.75) is 32.6 Å². The normalized spacial score (nSPS) is 10.5. The molecule has 0 aliphatic rings. The lowest BCUT2D eigenvalue weighted by Crippen LogP contribution is -2.11. The van der Waals surface area contributed by atoms with Crippen LogP contribution in [0.2, 0.25) is 5.02 Å². The Morgan fingerprint density at radius 3 is 2.13 bits per heavy atom. The van der Waals surface area contributed by atoms with E-state index in [1.165, 1.54) is 54.4 Å². The van der Waals surface area contributed by atoms with E-state index in [0.717, 1.165) is 19.3 Å². The van der Waals surface area contributed by atoms with Gasteiger partial charge in [0.2, 0.25) is 0 Å². The molecule has 0 aliphatic heterocycles. The molecule has 3 aromatic carbocycles. The van der Waals surface area contributed by atoms with Crippen molar-refractivity contribution in [1.29, 1.82) is 0 Å². The third-order valence-corrected chi connectivity index (χ3v) is 4.95. The number of unbranched alkanes of at least 4 members (excludes halogenated alkanes) is 2. The molecule has 4 nitrogen and oxygen atoms in total. The number of carbonyl (C=O) groups excluding carboxylic acids is 2. The molecule has 6 heteroatoms. The van der Waals surface area contributed by atoms with Gasteiger partial charge in [-0.15, -0.1) is 0 Å². The first-order valence-electron chi connectivity index (χ1n) is 10.0. The van der Waals surface area contributed by atoms with Gasteiger partial charge in [0, 0.05) is 0 Å². The number of hydrogen-bond donors (Lipinski definition) is 0. The monoisotopic (exact) mass is 440 g/mol. The Bertz CT molecular complexity index is 1050. The molecule has 0 heterocycles. The number of carbonyl (C=O) groups is 2. The van der Waals surface area contributed by atoms with Gasteiger partial charge in [-0.1, -0.05) is 43.5 Å². The molecule has 0 aliphatic carbocycles.